The lowest BCUT2D eigenvalue weighted by atomic mass is 9.75. The molecular weight excluding hydrogens is 502 g/mol. The van der Waals surface area contributed by atoms with E-state index in [1.165, 1.54) is 0 Å². The molecule has 36 heavy (non-hydrogen) atoms. The number of nitrogens with one attached hydrogen (secondary N) is 3. The van der Waals surface area contributed by atoms with Gasteiger partial charge in [-0.2, -0.15) is 0 Å². The van der Waals surface area contributed by atoms with Gasteiger partial charge in [0.15, 0.2) is 15.6 Å². The Morgan fingerprint density at radius 1 is 1.03 bits per heavy atom. The molecular formula is C24H41N5O5S2. The number of carbonyl (C=O) groups is 1. The standard InChI is InChI=1S/C24H41N5O5S2/c30-19-13-21(28-7-10-33-11-8-28)34-22-18(14-35-23(19)22)16-1-3-17(4-2-16)26-24-25-6-5-20(27-24)29-9-12-36(31,32)15-29/h16-18,20-27H,1-15H2. The molecule has 5 heterocycles. The van der Waals surface area contributed by atoms with Crippen molar-refractivity contribution in [1.82, 2.24) is 25.8 Å². The topological polar surface area (TPSA) is 112 Å². The normalized spacial score (nSPS) is 44.5. The fraction of sp³-hybridized carbons (Fsp3) is 0.958. The summed E-state index contributed by atoms with van der Waals surface area (Å²) in [4.78, 5) is 17.3. The largest absolute Gasteiger partial charge is 0.379 e. The zero-order chi connectivity index (χ0) is 24.7. The zero-order valence-electron chi connectivity index (χ0n) is 21.0. The predicted molar refractivity (Wildman–Crippen MR) is 138 cm³/mol. The van der Waals surface area contributed by atoms with Crippen LogP contribution in [0, 0.1) is 11.8 Å². The van der Waals surface area contributed by atoms with E-state index in [1.807, 2.05) is 11.8 Å². The van der Waals surface area contributed by atoms with E-state index >= 15 is 0 Å². The van der Waals surface area contributed by atoms with Gasteiger partial charge in [0.1, 0.15) is 18.4 Å². The lowest BCUT2D eigenvalue weighted by molar-refractivity contribution is -0.170. The number of nitrogens with zero attached hydrogens (tertiary/aromatic N) is 2. The van der Waals surface area contributed by atoms with Crippen molar-refractivity contribution in [3.8, 4) is 0 Å². The van der Waals surface area contributed by atoms with Crippen LogP contribution in [0.3, 0.4) is 0 Å². The summed E-state index contributed by atoms with van der Waals surface area (Å²) >= 11 is 1.83. The molecule has 0 amide bonds. The number of carbonyl (C=O) groups excluding carboxylic acids is 1. The van der Waals surface area contributed by atoms with Crippen molar-refractivity contribution in [2.45, 2.75) is 74.6 Å². The number of Topliss-reactive ketones (excluding diaryl/α,β-unsaturated/α-hetero) is 1. The highest BCUT2D eigenvalue weighted by Crippen LogP contribution is 2.46. The number of hydrogen-bond donors (Lipinski definition) is 3. The number of ether oxygens (including phenoxy) is 2. The molecule has 1 saturated carbocycles. The van der Waals surface area contributed by atoms with Crippen molar-refractivity contribution in [2.75, 3.05) is 56.8 Å². The van der Waals surface area contributed by atoms with Crippen molar-refractivity contribution in [1.29, 1.82) is 0 Å². The quantitative estimate of drug-likeness (QED) is 0.427. The second-order valence-corrected chi connectivity index (χ2v) is 14.6. The summed E-state index contributed by atoms with van der Waals surface area (Å²) in [6.45, 7) is 4.64. The summed E-state index contributed by atoms with van der Waals surface area (Å²) in [6, 6.07) is 0.437. The van der Waals surface area contributed by atoms with Crippen molar-refractivity contribution in [2.24, 2.45) is 11.8 Å². The average molecular weight is 544 g/mol. The van der Waals surface area contributed by atoms with E-state index in [9.17, 15) is 13.2 Å². The number of morpholine rings is 1. The Balaban J connectivity index is 0.995. The van der Waals surface area contributed by atoms with Crippen LogP contribution in [0.25, 0.3) is 0 Å². The van der Waals surface area contributed by atoms with E-state index in [1.54, 1.807) is 0 Å². The molecule has 0 spiro atoms. The maximum atomic E-state index is 13.0. The molecule has 3 N–H and O–H groups in total. The minimum absolute atomic E-state index is 0.00796. The first-order chi connectivity index (χ1) is 17.4. The van der Waals surface area contributed by atoms with E-state index < -0.39 is 9.84 Å². The third kappa shape index (κ3) is 5.67. The van der Waals surface area contributed by atoms with E-state index in [2.05, 4.69) is 25.8 Å². The number of sulfone groups is 1. The van der Waals surface area contributed by atoms with E-state index in [4.69, 9.17) is 9.47 Å². The van der Waals surface area contributed by atoms with Gasteiger partial charge in [-0.25, -0.2) is 8.42 Å². The first-order valence-corrected chi connectivity index (χ1v) is 16.6. The SMILES string of the molecule is O=C1CC(N2CCOCC2)OC2C1SCC2C1CCC(NC2NCCC(N3CCS(=O)(=O)C3)N2)CC1. The van der Waals surface area contributed by atoms with Gasteiger partial charge in [-0.05, 0) is 49.7 Å². The first kappa shape index (κ1) is 25.9. The molecule has 6 rings (SSSR count). The molecule has 204 valence electrons. The van der Waals surface area contributed by atoms with Gasteiger partial charge in [0.25, 0.3) is 0 Å². The summed E-state index contributed by atoms with van der Waals surface area (Å²) in [5, 5.41) is 10.9. The van der Waals surface area contributed by atoms with Gasteiger partial charge in [-0.1, -0.05) is 0 Å². The fourth-order valence-corrected chi connectivity index (χ4v) is 10.1. The number of hydrogen-bond acceptors (Lipinski definition) is 11. The fourth-order valence-electron chi connectivity index (χ4n) is 7.01. The molecule has 10 nitrogen and oxygen atoms in total. The van der Waals surface area contributed by atoms with Crippen LogP contribution in [0.1, 0.15) is 38.5 Å². The Morgan fingerprint density at radius 3 is 2.58 bits per heavy atom. The molecule has 6 atom stereocenters. The van der Waals surface area contributed by atoms with Gasteiger partial charge < -0.3 is 9.47 Å². The monoisotopic (exact) mass is 543 g/mol. The predicted octanol–water partition coefficient (Wildman–Crippen LogP) is -0.237. The van der Waals surface area contributed by atoms with Crippen molar-refractivity contribution < 1.29 is 22.7 Å². The highest BCUT2D eigenvalue weighted by Gasteiger charge is 2.50. The molecule has 0 radical (unpaired) electrons. The minimum Gasteiger partial charge on any atom is -0.379 e. The van der Waals surface area contributed by atoms with Crippen LogP contribution >= 0.6 is 11.8 Å². The highest BCUT2D eigenvalue weighted by atomic mass is 32.2. The zero-order valence-corrected chi connectivity index (χ0v) is 22.6. The molecule has 5 saturated heterocycles. The van der Waals surface area contributed by atoms with Crippen LogP contribution in [-0.2, 0) is 24.1 Å². The lowest BCUT2D eigenvalue weighted by Gasteiger charge is -2.43. The van der Waals surface area contributed by atoms with Gasteiger partial charge >= 0.3 is 0 Å². The molecule has 6 unspecified atom stereocenters. The van der Waals surface area contributed by atoms with Gasteiger partial charge in [0.05, 0.1) is 36.5 Å². The molecule has 0 aromatic heterocycles. The van der Waals surface area contributed by atoms with Crippen LogP contribution in [0.4, 0.5) is 0 Å². The molecule has 0 aromatic rings. The van der Waals surface area contributed by atoms with Gasteiger partial charge in [-0.15, -0.1) is 11.8 Å². The summed E-state index contributed by atoms with van der Waals surface area (Å²) in [7, 11) is -2.92. The molecule has 0 bridgehead atoms. The summed E-state index contributed by atoms with van der Waals surface area (Å²) < 4.78 is 35.9. The van der Waals surface area contributed by atoms with E-state index in [0.717, 1.165) is 70.7 Å². The molecule has 6 aliphatic rings. The second kappa shape index (κ2) is 11.1. The van der Waals surface area contributed by atoms with Crippen molar-refractivity contribution >= 4 is 27.4 Å². The maximum Gasteiger partial charge on any atom is 0.164 e. The summed E-state index contributed by atoms with van der Waals surface area (Å²) in [5.41, 5.74) is 0. The Hall–Kier alpha value is -0.310. The van der Waals surface area contributed by atoms with Crippen molar-refractivity contribution in [3.05, 3.63) is 0 Å². The minimum atomic E-state index is -2.92. The first-order valence-electron chi connectivity index (χ1n) is 13.8. The Bertz CT molecular complexity index is 895. The van der Waals surface area contributed by atoms with Gasteiger partial charge in [-0.3, -0.25) is 30.5 Å². The molecule has 0 aromatic carbocycles. The Morgan fingerprint density at radius 2 is 1.83 bits per heavy atom. The highest BCUT2D eigenvalue weighted by molar-refractivity contribution is 8.01. The number of fused-ring (bicyclic) bond motifs is 1. The second-order valence-electron chi connectivity index (χ2n) is 11.3. The van der Waals surface area contributed by atoms with Crippen LogP contribution < -0.4 is 16.0 Å². The van der Waals surface area contributed by atoms with Gasteiger partial charge in [0.2, 0.25) is 0 Å². The molecule has 6 fully saturated rings. The van der Waals surface area contributed by atoms with Gasteiger partial charge in [0, 0.05) is 38.6 Å². The van der Waals surface area contributed by atoms with Crippen LogP contribution in [0.15, 0.2) is 0 Å². The lowest BCUT2D eigenvalue weighted by Crippen LogP contribution is -2.66. The number of thioether (sulfide) groups is 1. The maximum absolute atomic E-state index is 13.0. The molecule has 1 aliphatic carbocycles. The Kier molecular flexibility index (Phi) is 7.96. The summed E-state index contributed by atoms with van der Waals surface area (Å²) in [6.07, 6.45) is 6.06. The smallest absolute Gasteiger partial charge is 0.164 e. The van der Waals surface area contributed by atoms with Crippen LogP contribution in [-0.4, -0.2) is 117 Å². The molecule has 5 aliphatic heterocycles. The Labute approximate surface area is 218 Å². The summed E-state index contributed by atoms with van der Waals surface area (Å²) in [5.74, 6) is 2.91. The number of ketones is 1. The molecule has 12 heteroatoms. The van der Waals surface area contributed by atoms with Crippen molar-refractivity contribution in [3.63, 3.8) is 0 Å². The number of rotatable bonds is 5. The van der Waals surface area contributed by atoms with E-state index in [0.29, 0.717) is 36.6 Å². The van der Waals surface area contributed by atoms with Crippen LogP contribution in [0.5, 0.6) is 0 Å². The average Bonchev–Trinajstić information content (AvgIpc) is 3.49. The van der Waals surface area contributed by atoms with Crippen LogP contribution in [0.2, 0.25) is 0 Å². The third-order valence-electron chi connectivity index (χ3n) is 9.05. The third-order valence-corrected chi connectivity index (χ3v) is 12.0. The van der Waals surface area contributed by atoms with E-state index in [-0.39, 0.29) is 41.7 Å².